The molecule has 31 heavy (non-hydrogen) atoms. The molecule has 0 aliphatic heterocycles. The van der Waals surface area contributed by atoms with Gasteiger partial charge in [-0.15, -0.1) is 6.58 Å². The van der Waals surface area contributed by atoms with Crippen molar-refractivity contribution in [3.8, 4) is 11.3 Å². The van der Waals surface area contributed by atoms with Crippen LogP contribution in [0.25, 0.3) is 11.3 Å². The highest BCUT2D eigenvalue weighted by Gasteiger charge is 2.25. The van der Waals surface area contributed by atoms with Gasteiger partial charge in [-0.05, 0) is 36.8 Å². The number of rotatable bonds is 8. The van der Waals surface area contributed by atoms with Gasteiger partial charge < -0.3 is 9.84 Å². The maximum Gasteiger partial charge on any atom is 0.261 e. The highest BCUT2D eigenvalue weighted by atomic mass is 35.5. The molecule has 0 radical (unpaired) electrons. The van der Waals surface area contributed by atoms with E-state index in [1.807, 2.05) is 0 Å². The van der Waals surface area contributed by atoms with E-state index in [0.29, 0.717) is 32.6 Å². The Morgan fingerprint density at radius 3 is 2.42 bits per heavy atom. The molecule has 0 saturated heterocycles. The minimum absolute atomic E-state index is 0.159. The lowest BCUT2D eigenvalue weighted by atomic mass is 10.1. The first-order valence-electron chi connectivity index (χ1n) is 9.11. The number of hydrogen-bond acceptors (Lipinski definition) is 5. The van der Waals surface area contributed by atoms with Gasteiger partial charge in [-0.1, -0.05) is 52.6 Å². The van der Waals surface area contributed by atoms with Gasteiger partial charge in [-0.3, -0.25) is 4.79 Å². The first-order valence-corrected chi connectivity index (χ1v) is 11.5. The number of hydrogen-bond donors (Lipinski definition) is 2. The van der Waals surface area contributed by atoms with Crippen molar-refractivity contribution in [1.29, 1.82) is 0 Å². The van der Waals surface area contributed by atoms with Crippen molar-refractivity contribution in [2.75, 3.05) is 11.9 Å². The molecule has 0 fully saturated rings. The fraction of sp³-hybridized carbons (Fsp3) is 0.143. The molecule has 3 aromatic rings. The van der Waals surface area contributed by atoms with E-state index in [-0.39, 0.29) is 23.6 Å². The highest BCUT2D eigenvalue weighted by molar-refractivity contribution is 7.88. The number of nitrogens with one attached hydrogen (secondary N) is 2. The number of amides is 1. The Labute approximate surface area is 190 Å². The van der Waals surface area contributed by atoms with E-state index in [4.69, 9.17) is 27.7 Å². The number of aromatic nitrogens is 1. The summed E-state index contributed by atoms with van der Waals surface area (Å²) in [6.45, 7) is 5.25. The van der Waals surface area contributed by atoms with Crippen molar-refractivity contribution in [3.05, 3.63) is 82.1 Å². The molecule has 0 bridgehead atoms. The fourth-order valence-corrected chi connectivity index (χ4v) is 4.55. The summed E-state index contributed by atoms with van der Waals surface area (Å²) in [5.74, 6) is -0.341. The molecule has 0 unspecified atom stereocenters. The third-order valence-electron chi connectivity index (χ3n) is 4.31. The molecular formula is C21H19Cl2N3O4S. The van der Waals surface area contributed by atoms with Crippen LogP contribution >= 0.6 is 23.2 Å². The first-order chi connectivity index (χ1) is 14.7. The van der Waals surface area contributed by atoms with E-state index in [2.05, 4.69) is 21.8 Å². The summed E-state index contributed by atoms with van der Waals surface area (Å²) in [5.41, 5.74) is 1.89. The van der Waals surface area contributed by atoms with Crippen molar-refractivity contribution < 1.29 is 17.7 Å². The van der Waals surface area contributed by atoms with Crippen LogP contribution in [0.5, 0.6) is 0 Å². The molecular weight excluding hydrogens is 461 g/mol. The summed E-state index contributed by atoms with van der Waals surface area (Å²) in [6, 6.07) is 11.4. The van der Waals surface area contributed by atoms with Crippen LogP contribution in [0.15, 0.2) is 59.6 Å². The zero-order chi connectivity index (χ0) is 22.6. The Hall–Kier alpha value is -2.65. The summed E-state index contributed by atoms with van der Waals surface area (Å²) < 4.78 is 31.6. The lowest BCUT2D eigenvalue weighted by Crippen LogP contribution is -2.25. The van der Waals surface area contributed by atoms with Crippen LogP contribution in [0.2, 0.25) is 10.0 Å². The van der Waals surface area contributed by atoms with Gasteiger partial charge in [0, 0.05) is 17.8 Å². The van der Waals surface area contributed by atoms with Gasteiger partial charge >= 0.3 is 0 Å². The third-order valence-corrected chi connectivity index (χ3v) is 6.26. The SMILES string of the molecule is C=CCNS(=O)(=O)Cc1ccc(NC(=O)c2c(-c3c(Cl)cccc3Cl)noc2C)cc1. The average Bonchev–Trinajstić information content (AvgIpc) is 3.09. The first kappa shape index (κ1) is 23.0. The number of carbonyl (C=O) groups excluding carboxylic acids is 1. The number of nitrogens with zero attached hydrogens (tertiary/aromatic N) is 1. The Morgan fingerprint density at radius 1 is 1.16 bits per heavy atom. The highest BCUT2D eigenvalue weighted by Crippen LogP contribution is 2.37. The standard InChI is InChI=1S/C21H19Cl2N3O4S/c1-3-11-24-31(28,29)12-14-7-9-15(10-8-14)25-21(27)18-13(2)30-26-20(18)19-16(22)5-4-6-17(19)23/h3-10,24H,1,11-12H2,2H3,(H,25,27). The Bertz CT molecular complexity index is 1200. The number of carbonyl (C=O) groups is 1. The molecule has 2 aromatic carbocycles. The van der Waals surface area contributed by atoms with E-state index in [9.17, 15) is 13.2 Å². The average molecular weight is 480 g/mol. The third kappa shape index (κ3) is 5.54. The molecule has 162 valence electrons. The largest absolute Gasteiger partial charge is 0.360 e. The number of anilines is 1. The van der Waals surface area contributed by atoms with Crippen molar-refractivity contribution in [1.82, 2.24) is 9.88 Å². The van der Waals surface area contributed by atoms with Crippen LogP contribution in [0.3, 0.4) is 0 Å². The van der Waals surface area contributed by atoms with Crippen LogP contribution < -0.4 is 10.0 Å². The van der Waals surface area contributed by atoms with Gasteiger partial charge in [-0.25, -0.2) is 13.1 Å². The van der Waals surface area contributed by atoms with Gasteiger partial charge in [0.25, 0.3) is 5.91 Å². The molecule has 0 atom stereocenters. The summed E-state index contributed by atoms with van der Waals surface area (Å²) in [4.78, 5) is 12.9. The second-order valence-corrected chi connectivity index (χ2v) is 9.23. The Kier molecular flexibility index (Phi) is 7.17. The summed E-state index contributed by atoms with van der Waals surface area (Å²) >= 11 is 12.5. The lowest BCUT2D eigenvalue weighted by Gasteiger charge is -2.09. The number of aryl methyl sites for hydroxylation is 1. The summed E-state index contributed by atoms with van der Waals surface area (Å²) in [5, 5.41) is 7.40. The van der Waals surface area contributed by atoms with E-state index in [1.165, 1.54) is 6.08 Å². The van der Waals surface area contributed by atoms with E-state index in [1.54, 1.807) is 49.4 Å². The van der Waals surface area contributed by atoms with Crippen LogP contribution in [0, 0.1) is 6.92 Å². The molecule has 0 aliphatic carbocycles. The fourth-order valence-electron chi connectivity index (χ4n) is 2.87. The molecule has 10 heteroatoms. The van der Waals surface area contributed by atoms with Crippen molar-refractivity contribution in [3.63, 3.8) is 0 Å². The topological polar surface area (TPSA) is 101 Å². The van der Waals surface area contributed by atoms with Crippen LogP contribution in [-0.2, 0) is 15.8 Å². The van der Waals surface area contributed by atoms with Crippen LogP contribution in [-0.4, -0.2) is 26.0 Å². The molecule has 7 nitrogen and oxygen atoms in total. The van der Waals surface area contributed by atoms with Crippen molar-refractivity contribution in [2.24, 2.45) is 0 Å². The maximum absolute atomic E-state index is 12.9. The smallest absolute Gasteiger partial charge is 0.261 e. The number of halogens is 2. The second kappa shape index (κ2) is 9.65. The normalized spacial score (nSPS) is 11.3. The van der Waals surface area contributed by atoms with Crippen LogP contribution in [0.4, 0.5) is 5.69 Å². The van der Waals surface area contributed by atoms with Crippen molar-refractivity contribution >= 4 is 44.8 Å². The second-order valence-electron chi connectivity index (χ2n) is 6.61. The molecule has 0 spiro atoms. The van der Waals surface area contributed by atoms with Gasteiger partial charge in [-0.2, -0.15) is 0 Å². The quantitative estimate of drug-likeness (QED) is 0.451. The minimum atomic E-state index is -3.47. The summed E-state index contributed by atoms with van der Waals surface area (Å²) in [7, 11) is -3.47. The van der Waals surface area contributed by atoms with E-state index >= 15 is 0 Å². The van der Waals surface area contributed by atoms with E-state index in [0.717, 1.165) is 0 Å². The summed E-state index contributed by atoms with van der Waals surface area (Å²) in [6.07, 6.45) is 1.47. The zero-order valence-corrected chi connectivity index (χ0v) is 18.8. The maximum atomic E-state index is 12.9. The number of sulfonamides is 1. The van der Waals surface area contributed by atoms with Crippen LogP contribution in [0.1, 0.15) is 21.7 Å². The predicted octanol–water partition coefficient (Wildman–Crippen LogP) is 4.81. The number of benzene rings is 2. The molecule has 3 rings (SSSR count). The molecule has 0 saturated carbocycles. The molecule has 1 amide bonds. The van der Waals surface area contributed by atoms with Gasteiger partial charge in [0.2, 0.25) is 10.0 Å². The van der Waals surface area contributed by atoms with Crippen molar-refractivity contribution in [2.45, 2.75) is 12.7 Å². The molecule has 2 N–H and O–H groups in total. The minimum Gasteiger partial charge on any atom is -0.360 e. The van der Waals surface area contributed by atoms with Gasteiger partial charge in [0.1, 0.15) is 17.0 Å². The zero-order valence-electron chi connectivity index (χ0n) is 16.5. The Balaban J connectivity index is 1.80. The monoisotopic (exact) mass is 479 g/mol. The van der Waals surface area contributed by atoms with Gasteiger partial charge in [0.05, 0.1) is 15.8 Å². The predicted molar refractivity (Wildman–Crippen MR) is 122 cm³/mol. The lowest BCUT2D eigenvalue weighted by molar-refractivity contribution is 0.102. The Morgan fingerprint density at radius 2 is 1.81 bits per heavy atom. The van der Waals surface area contributed by atoms with Gasteiger partial charge in [0.15, 0.2) is 0 Å². The molecule has 1 heterocycles. The van der Waals surface area contributed by atoms with E-state index < -0.39 is 15.9 Å². The molecule has 0 aliphatic rings. The molecule has 1 aromatic heterocycles.